The lowest BCUT2D eigenvalue weighted by Crippen LogP contribution is -2.29. The Hall–Kier alpha value is -0.690. The van der Waals surface area contributed by atoms with Gasteiger partial charge in [0.1, 0.15) is 0 Å². The van der Waals surface area contributed by atoms with Gasteiger partial charge >= 0.3 is 0 Å². The molecule has 0 spiro atoms. The van der Waals surface area contributed by atoms with Gasteiger partial charge in [-0.1, -0.05) is 0 Å². The molecule has 16 heavy (non-hydrogen) atoms. The van der Waals surface area contributed by atoms with Crippen molar-refractivity contribution in [3.63, 3.8) is 0 Å². The van der Waals surface area contributed by atoms with E-state index in [4.69, 9.17) is 11.6 Å². The molecule has 8 heteroatoms. The standard InChI is InChI=1S/C8H13ClN4O2S/c1-6(9)8-10-11-12-13(8)7-3-2-4-16(14,15)5-7/h6-7H,2-5H2,1H3. The van der Waals surface area contributed by atoms with Gasteiger partial charge in [0, 0.05) is 0 Å². The minimum atomic E-state index is -2.96. The van der Waals surface area contributed by atoms with Crippen LogP contribution in [0.2, 0.25) is 0 Å². The van der Waals surface area contributed by atoms with Gasteiger partial charge in [0.05, 0.1) is 22.9 Å². The van der Waals surface area contributed by atoms with Crippen LogP contribution >= 0.6 is 11.6 Å². The molecule has 90 valence electrons. The van der Waals surface area contributed by atoms with Gasteiger partial charge in [0.25, 0.3) is 0 Å². The number of rotatable bonds is 2. The minimum absolute atomic E-state index is 0.106. The monoisotopic (exact) mass is 264 g/mol. The van der Waals surface area contributed by atoms with Gasteiger partial charge in [0.15, 0.2) is 15.7 Å². The lowest BCUT2D eigenvalue weighted by Gasteiger charge is -2.22. The first-order chi connectivity index (χ1) is 7.49. The zero-order valence-corrected chi connectivity index (χ0v) is 10.4. The van der Waals surface area contributed by atoms with Gasteiger partial charge < -0.3 is 0 Å². The van der Waals surface area contributed by atoms with Crippen molar-refractivity contribution in [2.24, 2.45) is 0 Å². The Bertz CT molecular complexity index is 470. The summed E-state index contributed by atoms with van der Waals surface area (Å²) in [6.07, 6.45) is 1.43. The van der Waals surface area contributed by atoms with Crippen LogP contribution in [-0.4, -0.2) is 40.1 Å². The number of alkyl halides is 1. The van der Waals surface area contributed by atoms with E-state index in [0.717, 1.165) is 6.42 Å². The Balaban J connectivity index is 2.27. The number of sulfone groups is 1. The third kappa shape index (κ3) is 2.35. The lowest BCUT2D eigenvalue weighted by molar-refractivity contribution is 0.413. The molecular weight excluding hydrogens is 252 g/mol. The zero-order valence-electron chi connectivity index (χ0n) is 8.87. The fraction of sp³-hybridized carbons (Fsp3) is 0.875. The number of nitrogens with zero attached hydrogens (tertiary/aromatic N) is 4. The normalized spacial score (nSPS) is 26.5. The lowest BCUT2D eigenvalue weighted by atomic mass is 10.2. The highest BCUT2D eigenvalue weighted by atomic mass is 35.5. The van der Waals surface area contributed by atoms with Crippen LogP contribution in [0.15, 0.2) is 0 Å². The largest absolute Gasteiger partial charge is 0.229 e. The summed E-state index contributed by atoms with van der Waals surface area (Å²) in [6.45, 7) is 1.76. The molecule has 0 saturated carbocycles. The molecule has 6 nitrogen and oxygen atoms in total. The van der Waals surface area contributed by atoms with Gasteiger partial charge in [0.2, 0.25) is 0 Å². The average molecular weight is 265 g/mol. The van der Waals surface area contributed by atoms with E-state index in [1.165, 1.54) is 0 Å². The summed E-state index contributed by atoms with van der Waals surface area (Å²) in [5, 5.41) is 10.9. The number of tetrazole rings is 1. The first-order valence-electron chi connectivity index (χ1n) is 5.12. The van der Waals surface area contributed by atoms with Crippen molar-refractivity contribution < 1.29 is 8.42 Å². The maximum absolute atomic E-state index is 11.5. The van der Waals surface area contributed by atoms with Gasteiger partial charge in [-0.05, 0) is 30.2 Å². The average Bonchev–Trinajstić information content (AvgIpc) is 2.64. The quantitative estimate of drug-likeness (QED) is 0.736. The topological polar surface area (TPSA) is 77.7 Å². The van der Waals surface area contributed by atoms with Crippen LogP contribution in [0.4, 0.5) is 0 Å². The van der Waals surface area contributed by atoms with E-state index in [0.29, 0.717) is 12.2 Å². The Kier molecular flexibility index (Phi) is 3.16. The maximum atomic E-state index is 11.5. The van der Waals surface area contributed by atoms with Crippen LogP contribution < -0.4 is 0 Å². The molecule has 2 unspecified atom stereocenters. The van der Waals surface area contributed by atoms with Crippen molar-refractivity contribution in [3.05, 3.63) is 5.82 Å². The van der Waals surface area contributed by atoms with Gasteiger partial charge in [-0.2, -0.15) is 0 Å². The molecule has 1 fully saturated rings. The molecule has 0 bridgehead atoms. The first-order valence-corrected chi connectivity index (χ1v) is 7.37. The van der Waals surface area contributed by atoms with Crippen LogP contribution in [0.25, 0.3) is 0 Å². The summed E-state index contributed by atoms with van der Waals surface area (Å²) in [7, 11) is -2.96. The van der Waals surface area contributed by atoms with Crippen LogP contribution in [0.5, 0.6) is 0 Å². The summed E-state index contributed by atoms with van der Waals surface area (Å²) < 4.78 is 24.6. The van der Waals surface area contributed by atoms with Crippen molar-refractivity contribution in [3.8, 4) is 0 Å². The molecule has 1 aliphatic heterocycles. The Morgan fingerprint density at radius 2 is 2.31 bits per heavy atom. The number of hydrogen-bond donors (Lipinski definition) is 0. The number of hydrogen-bond acceptors (Lipinski definition) is 5. The molecule has 1 aliphatic rings. The van der Waals surface area contributed by atoms with E-state index in [1.807, 2.05) is 0 Å². The van der Waals surface area contributed by atoms with Crippen LogP contribution in [0.1, 0.15) is 37.0 Å². The highest BCUT2D eigenvalue weighted by Gasteiger charge is 2.29. The summed E-state index contributed by atoms with van der Waals surface area (Å²) in [5.41, 5.74) is 0. The van der Waals surface area contributed by atoms with Crippen LogP contribution in [-0.2, 0) is 9.84 Å². The molecule has 0 aromatic carbocycles. The van der Waals surface area contributed by atoms with E-state index >= 15 is 0 Å². The van der Waals surface area contributed by atoms with Crippen molar-refractivity contribution in [1.82, 2.24) is 20.2 Å². The fourth-order valence-corrected chi connectivity index (χ4v) is 3.72. The predicted molar refractivity (Wildman–Crippen MR) is 59.0 cm³/mol. The molecule has 1 saturated heterocycles. The molecule has 2 atom stereocenters. The molecule has 2 heterocycles. The van der Waals surface area contributed by atoms with E-state index in [-0.39, 0.29) is 22.9 Å². The second kappa shape index (κ2) is 4.29. The Labute approximate surface area is 98.9 Å². The molecule has 2 rings (SSSR count). The molecule has 0 amide bonds. The molecular formula is C8H13ClN4O2S. The summed E-state index contributed by atoms with van der Waals surface area (Å²) in [6, 6.07) is -0.176. The fourth-order valence-electron chi connectivity index (χ4n) is 1.91. The van der Waals surface area contributed by atoms with Crippen molar-refractivity contribution in [2.75, 3.05) is 11.5 Å². The van der Waals surface area contributed by atoms with E-state index < -0.39 is 9.84 Å². The van der Waals surface area contributed by atoms with Crippen molar-refractivity contribution in [1.29, 1.82) is 0 Å². The number of aromatic nitrogens is 4. The molecule has 1 aromatic rings. The van der Waals surface area contributed by atoms with E-state index in [9.17, 15) is 8.42 Å². The van der Waals surface area contributed by atoms with Crippen molar-refractivity contribution >= 4 is 21.4 Å². The van der Waals surface area contributed by atoms with Gasteiger partial charge in [-0.25, -0.2) is 13.1 Å². The maximum Gasteiger partial charge on any atom is 0.169 e. The molecule has 1 aromatic heterocycles. The second-order valence-corrected chi connectivity index (χ2v) is 6.89. The van der Waals surface area contributed by atoms with E-state index in [2.05, 4.69) is 15.5 Å². The first kappa shape index (κ1) is 11.8. The third-order valence-corrected chi connectivity index (χ3v) is 4.66. The Morgan fingerprint density at radius 1 is 1.56 bits per heavy atom. The smallest absolute Gasteiger partial charge is 0.169 e. The molecule has 0 radical (unpaired) electrons. The minimum Gasteiger partial charge on any atom is -0.229 e. The number of halogens is 1. The third-order valence-electron chi connectivity index (χ3n) is 2.66. The predicted octanol–water partition coefficient (Wildman–Crippen LogP) is 0.723. The highest BCUT2D eigenvalue weighted by molar-refractivity contribution is 7.91. The molecule has 0 N–H and O–H groups in total. The van der Waals surface area contributed by atoms with Crippen LogP contribution in [0, 0.1) is 0 Å². The molecule has 0 aliphatic carbocycles. The van der Waals surface area contributed by atoms with Gasteiger partial charge in [-0.15, -0.1) is 16.7 Å². The van der Waals surface area contributed by atoms with E-state index in [1.54, 1.807) is 11.6 Å². The Morgan fingerprint density at radius 3 is 2.94 bits per heavy atom. The SMILES string of the molecule is CC(Cl)c1nnnn1C1CCCS(=O)(=O)C1. The highest BCUT2D eigenvalue weighted by Crippen LogP contribution is 2.26. The second-order valence-electron chi connectivity index (χ2n) is 4.01. The summed E-state index contributed by atoms with van der Waals surface area (Å²) in [4.78, 5) is 0. The van der Waals surface area contributed by atoms with Gasteiger partial charge in [-0.3, -0.25) is 0 Å². The van der Waals surface area contributed by atoms with Crippen LogP contribution in [0.3, 0.4) is 0 Å². The summed E-state index contributed by atoms with van der Waals surface area (Å²) in [5.74, 6) is 0.898. The van der Waals surface area contributed by atoms with Crippen molar-refractivity contribution in [2.45, 2.75) is 31.2 Å². The summed E-state index contributed by atoms with van der Waals surface area (Å²) >= 11 is 5.93. The zero-order chi connectivity index (χ0) is 11.8.